The lowest BCUT2D eigenvalue weighted by Gasteiger charge is -1.99. The van der Waals surface area contributed by atoms with Gasteiger partial charge in [0, 0.05) is 0 Å². The van der Waals surface area contributed by atoms with Crippen LogP contribution in [-0.4, -0.2) is 14.9 Å². The third kappa shape index (κ3) is 11.2. The highest BCUT2D eigenvalue weighted by Gasteiger charge is 2.29. The van der Waals surface area contributed by atoms with Gasteiger partial charge in [0.05, 0.1) is 0 Å². The molecule has 2 nitrogen and oxygen atoms in total. The number of hydrogen-bond donors (Lipinski definition) is 1. The van der Waals surface area contributed by atoms with E-state index in [2.05, 4.69) is 6.58 Å². The molecule has 0 fully saturated rings. The number of alkyl halides is 3. The Hall–Kier alpha value is 0.370. The summed E-state index contributed by atoms with van der Waals surface area (Å²) in [5, 5.41) is 7.85. The Labute approximate surface area is 78.3 Å². The molecule has 0 aliphatic carbocycles. The van der Waals surface area contributed by atoms with Crippen molar-refractivity contribution in [2.45, 2.75) is 3.79 Å². The molecule has 0 atom stereocenters. The minimum atomic E-state index is -2.17. The maximum absolute atomic E-state index is 9.62. The van der Waals surface area contributed by atoms with Gasteiger partial charge < -0.3 is 5.11 Å². The summed E-state index contributed by atoms with van der Waals surface area (Å²) in [6.07, 6.45) is 0. The third-order valence-electron chi connectivity index (χ3n) is 0.243. The molecule has 60 valence electrons. The van der Waals surface area contributed by atoms with E-state index in [1.54, 1.807) is 0 Å². The van der Waals surface area contributed by atoms with Crippen molar-refractivity contribution >= 4 is 52.4 Å². The van der Waals surface area contributed by atoms with Gasteiger partial charge in [0.2, 0.25) is 0 Å². The highest BCUT2D eigenvalue weighted by atomic mass is 35.6. The van der Waals surface area contributed by atoms with Crippen molar-refractivity contribution in [3.05, 3.63) is 12.1 Å². The van der Waals surface area contributed by atoms with Gasteiger partial charge in [0.25, 0.3) is 3.79 Å². The summed E-state index contributed by atoms with van der Waals surface area (Å²) in [5.74, 6) is -1.46. The molecule has 0 radical (unpaired) electrons. The predicted octanol–water partition coefficient (Wildman–Crippen LogP) is 2.81. The molecule has 10 heavy (non-hydrogen) atoms. The molecular formula is C4H4Cl4O2. The number of hydrogen-bond acceptors (Lipinski definition) is 1. The molecule has 1 N–H and O–H groups in total. The summed E-state index contributed by atoms with van der Waals surface area (Å²) in [4.78, 5) is 9.62. The van der Waals surface area contributed by atoms with E-state index in [1.165, 1.54) is 5.54 Å². The largest absolute Gasteiger partial charge is 0.478 e. The van der Waals surface area contributed by atoms with Crippen LogP contribution in [0.3, 0.4) is 0 Å². The fourth-order valence-corrected chi connectivity index (χ4v) is 0. The topological polar surface area (TPSA) is 37.3 Å². The van der Waals surface area contributed by atoms with Crippen molar-refractivity contribution in [1.82, 2.24) is 0 Å². The van der Waals surface area contributed by atoms with Crippen LogP contribution in [0.4, 0.5) is 0 Å². The summed E-state index contributed by atoms with van der Waals surface area (Å²) in [5.41, 5.74) is 1.22. The van der Waals surface area contributed by atoms with E-state index in [4.69, 9.17) is 51.5 Å². The fraction of sp³-hybridized carbons (Fsp3) is 0.250. The molecule has 0 saturated carbocycles. The average Bonchev–Trinajstić information content (AvgIpc) is 1.64. The number of carboxylic acids is 1. The Morgan fingerprint density at radius 2 is 1.60 bits per heavy atom. The van der Waals surface area contributed by atoms with Gasteiger partial charge in [-0.15, -0.1) is 0 Å². The van der Waals surface area contributed by atoms with Gasteiger partial charge >= 0.3 is 5.97 Å². The standard InChI is InChI=1S/C2HCl3O2.C2H3Cl/c3-2(4,5)1(6)7;1-2-3/h(H,6,7);2H,1H2. The van der Waals surface area contributed by atoms with Gasteiger partial charge in [-0.2, -0.15) is 0 Å². The SMILES string of the molecule is C=CCl.O=C(O)C(Cl)(Cl)Cl. The van der Waals surface area contributed by atoms with Crippen molar-refractivity contribution < 1.29 is 9.90 Å². The Morgan fingerprint density at radius 1 is 1.50 bits per heavy atom. The summed E-state index contributed by atoms with van der Waals surface area (Å²) in [7, 11) is 0. The van der Waals surface area contributed by atoms with E-state index in [0.717, 1.165) is 0 Å². The summed E-state index contributed by atoms with van der Waals surface area (Å²) in [6, 6.07) is 0. The van der Waals surface area contributed by atoms with Crippen molar-refractivity contribution in [3.8, 4) is 0 Å². The highest BCUT2D eigenvalue weighted by molar-refractivity contribution is 6.75. The first-order chi connectivity index (χ1) is 4.36. The quantitative estimate of drug-likeness (QED) is 0.644. The Kier molecular flexibility index (Phi) is 7.93. The molecule has 0 bridgehead atoms. The monoisotopic (exact) mass is 224 g/mol. The van der Waals surface area contributed by atoms with Crippen LogP contribution in [0.15, 0.2) is 12.1 Å². The molecule has 6 heteroatoms. The maximum atomic E-state index is 9.62. The molecule has 0 aromatic heterocycles. The van der Waals surface area contributed by atoms with Crippen LogP contribution >= 0.6 is 46.4 Å². The zero-order valence-corrected chi connectivity index (χ0v) is 7.68. The van der Waals surface area contributed by atoms with E-state index >= 15 is 0 Å². The highest BCUT2D eigenvalue weighted by Crippen LogP contribution is 2.25. The molecule has 0 aromatic rings. The maximum Gasteiger partial charge on any atom is 0.356 e. The van der Waals surface area contributed by atoms with E-state index in [1.807, 2.05) is 0 Å². The van der Waals surface area contributed by atoms with Gasteiger partial charge in [-0.1, -0.05) is 53.0 Å². The number of halogens is 4. The van der Waals surface area contributed by atoms with Crippen molar-refractivity contribution in [2.75, 3.05) is 0 Å². The van der Waals surface area contributed by atoms with E-state index in [9.17, 15) is 4.79 Å². The smallest absolute Gasteiger partial charge is 0.356 e. The Bertz CT molecular complexity index is 117. The van der Waals surface area contributed by atoms with Gasteiger partial charge in [-0.3, -0.25) is 0 Å². The summed E-state index contributed by atoms with van der Waals surface area (Å²) in [6.45, 7) is 3.13. The van der Waals surface area contributed by atoms with Crippen LogP contribution in [0.2, 0.25) is 0 Å². The lowest BCUT2D eigenvalue weighted by molar-refractivity contribution is -0.135. The molecule has 0 saturated heterocycles. The minimum absolute atomic E-state index is 1.22. The van der Waals surface area contributed by atoms with Gasteiger partial charge in [-0.05, 0) is 5.54 Å². The van der Waals surface area contributed by atoms with Crippen molar-refractivity contribution in [2.24, 2.45) is 0 Å². The molecule has 0 spiro atoms. The molecule has 0 aromatic carbocycles. The average molecular weight is 226 g/mol. The van der Waals surface area contributed by atoms with Crippen LogP contribution < -0.4 is 0 Å². The second-order valence-electron chi connectivity index (χ2n) is 0.957. The van der Waals surface area contributed by atoms with Crippen molar-refractivity contribution in [3.63, 3.8) is 0 Å². The first-order valence-electron chi connectivity index (χ1n) is 1.87. The van der Waals surface area contributed by atoms with Crippen LogP contribution in [-0.2, 0) is 4.79 Å². The number of carboxylic acid groups (broad SMARTS) is 1. The van der Waals surface area contributed by atoms with E-state index in [-0.39, 0.29) is 0 Å². The second-order valence-corrected chi connectivity index (χ2v) is 3.55. The normalized spacial score (nSPS) is 9.20. The summed E-state index contributed by atoms with van der Waals surface area (Å²) < 4.78 is -2.17. The minimum Gasteiger partial charge on any atom is -0.478 e. The molecule has 0 aliphatic heterocycles. The second kappa shape index (κ2) is 6.10. The molecular weight excluding hydrogens is 222 g/mol. The predicted molar refractivity (Wildman–Crippen MR) is 44.0 cm³/mol. The lowest BCUT2D eigenvalue weighted by atomic mass is 10.8. The Balaban J connectivity index is 0. The first-order valence-corrected chi connectivity index (χ1v) is 3.44. The fourth-order valence-electron chi connectivity index (χ4n) is 0. The zero-order valence-electron chi connectivity index (χ0n) is 4.65. The molecule has 0 rings (SSSR count). The van der Waals surface area contributed by atoms with Crippen LogP contribution in [0.25, 0.3) is 0 Å². The number of aliphatic carboxylic acids is 1. The first kappa shape index (κ1) is 13.0. The Morgan fingerprint density at radius 3 is 1.60 bits per heavy atom. The number of carbonyl (C=O) groups is 1. The third-order valence-corrected chi connectivity index (χ3v) is 0.728. The van der Waals surface area contributed by atoms with E-state index < -0.39 is 9.76 Å². The van der Waals surface area contributed by atoms with Crippen LogP contribution in [0.5, 0.6) is 0 Å². The zero-order chi connectivity index (χ0) is 8.78. The lowest BCUT2D eigenvalue weighted by Crippen LogP contribution is -2.16. The van der Waals surface area contributed by atoms with Gasteiger partial charge in [0.15, 0.2) is 0 Å². The van der Waals surface area contributed by atoms with Crippen LogP contribution in [0, 0.1) is 0 Å². The van der Waals surface area contributed by atoms with Crippen molar-refractivity contribution in [1.29, 1.82) is 0 Å². The molecule has 0 amide bonds. The number of rotatable bonds is 0. The van der Waals surface area contributed by atoms with Gasteiger partial charge in [0.1, 0.15) is 0 Å². The molecule has 0 aliphatic rings. The molecule has 0 heterocycles. The van der Waals surface area contributed by atoms with E-state index in [0.29, 0.717) is 0 Å². The van der Waals surface area contributed by atoms with Gasteiger partial charge in [-0.25, -0.2) is 4.79 Å². The summed E-state index contributed by atoms with van der Waals surface area (Å²) >= 11 is 19.2. The van der Waals surface area contributed by atoms with Crippen LogP contribution in [0.1, 0.15) is 0 Å². The molecule has 0 unspecified atom stereocenters.